The van der Waals surface area contributed by atoms with Gasteiger partial charge in [0.25, 0.3) is 11.8 Å². The van der Waals surface area contributed by atoms with Crippen molar-refractivity contribution in [3.05, 3.63) is 35.4 Å². The molecule has 2 heterocycles. The number of hydrogen-bond acceptors (Lipinski definition) is 5. The number of benzene rings is 1. The molecule has 1 unspecified atom stereocenters. The van der Waals surface area contributed by atoms with Crippen LogP contribution in [0.4, 0.5) is 0 Å². The van der Waals surface area contributed by atoms with Crippen molar-refractivity contribution in [2.24, 2.45) is 0 Å². The van der Waals surface area contributed by atoms with Gasteiger partial charge in [-0.3, -0.25) is 19.3 Å². The Bertz CT molecular complexity index is 856. The molecular formula is C19H25N3O5S. The molecule has 1 saturated heterocycles. The fourth-order valence-electron chi connectivity index (χ4n) is 3.58. The third-order valence-electron chi connectivity index (χ3n) is 5.27. The second-order valence-corrected chi connectivity index (χ2v) is 9.18. The van der Waals surface area contributed by atoms with E-state index in [4.69, 9.17) is 0 Å². The summed E-state index contributed by atoms with van der Waals surface area (Å²) in [5.74, 6) is -1.17. The van der Waals surface area contributed by atoms with Crippen molar-refractivity contribution >= 4 is 27.7 Å². The number of unbranched alkanes of at least 4 members (excludes halogenated alkanes) is 1. The van der Waals surface area contributed by atoms with E-state index >= 15 is 0 Å². The number of hydrogen-bond donors (Lipinski definition) is 0. The lowest BCUT2D eigenvalue weighted by Gasteiger charge is -2.36. The van der Waals surface area contributed by atoms with E-state index < -0.39 is 27.9 Å². The van der Waals surface area contributed by atoms with E-state index in [-0.39, 0.29) is 37.8 Å². The Morgan fingerprint density at radius 2 is 1.57 bits per heavy atom. The fourth-order valence-corrected chi connectivity index (χ4v) is 5.21. The van der Waals surface area contributed by atoms with Crippen LogP contribution in [-0.2, 0) is 14.8 Å². The number of nitrogens with zero attached hydrogens (tertiary/aromatic N) is 3. The van der Waals surface area contributed by atoms with Crippen molar-refractivity contribution in [3.63, 3.8) is 0 Å². The highest BCUT2D eigenvalue weighted by Gasteiger charge is 2.42. The number of amides is 3. The molecule has 2 aliphatic heterocycles. The van der Waals surface area contributed by atoms with Gasteiger partial charge < -0.3 is 4.90 Å². The molecule has 0 aliphatic carbocycles. The van der Waals surface area contributed by atoms with Gasteiger partial charge in [-0.1, -0.05) is 25.5 Å². The Kier molecular flexibility index (Phi) is 5.85. The summed E-state index contributed by atoms with van der Waals surface area (Å²) in [4.78, 5) is 40.5. The molecule has 8 nitrogen and oxygen atoms in total. The lowest BCUT2D eigenvalue weighted by Crippen LogP contribution is -2.56. The summed E-state index contributed by atoms with van der Waals surface area (Å²) in [7, 11) is -3.31. The quantitative estimate of drug-likeness (QED) is 0.654. The van der Waals surface area contributed by atoms with Crippen LogP contribution in [0.1, 0.15) is 47.4 Å². The molecule has 3 amide bonds. The van der Waals surface area contributed by atoms with Crippen LogP contribution in [0.3, 0.4) is 0 Å². The molecule has 1 atom stereocenters. The zero-order valence-electron chi connectivity index (χ0n) is 16.1. The summed E-state index contributed by atoms with van der Waals surface area (Å²) in [6.45, 7) is 4.43. The van der Waals surface area contributed by atoms with Gasteiger partial charge in [-0.05, 0) is 25.5 Å². The van der Waals surface area contributed by atoms with Crippen LogP contribution in [-0.4, -0.2) is 78.2 Å². The molecule has 0 radical (unpaired) electrons. The normalized spacial score (nSPS) is 19.1. The maximum Gasteiger partial charge on any atom is 0.262 e. The van der Waals surface area contributed by atoms with Gasteiger partial charge in [-0.15, -0.1) is 0 Å². The zero-order chi connectivity index (χ0) is 20.5. The second-order valence-electron chi connectivity index (χ2n) is 7.10. The maximum atomic E-state index is 12.9. The van der Waals surface area contributed by atoms with Crippen molar-refractivity contribution in [2.45, 2.75) is 32.7 Å². The van der Waals surface area contributed by atoms with Crippen molar-refractivity contribution in [3.8, 4) is 0 Å². The molecule has 152 valence electrons. The summed E-state index contributed by atoms with van der Waals surface area (Å²) in [6, 6.07) is 5.58. The number of carbonyl (C=O) groups is 3. The van der Waals surface area contributed by atoms with Crippen LogP contribution in [0.25, 0.3) is 0 Å². The average Bonchev–Trinajstić information content (AvgIpc) is 2.96. The molecule has 0 saturated carbocycles. The summed E-state index contributed by atoms with van der Waals surface area (Å²) in [6.07, 6.45) is 1.41. The molecule has 28 heavy (non-hydrogen) atoms. The van der Waals surface area contributed by atoms with Crippen molar-refractivity contribution in [1.82, 2.24) is 14.1 Å². The Morgan fingerprint density at radius 3 is 2.07 bits per heavy atom. The molecule has 0 spiro atoms. The predicted molar refractivity (Wildman–Crippen MR) is 103 cm³/mol. The standard InChI is InChI=1S/C19H25N3O5S/c1-3-4-13-28(26,27)21-11-9-20(10-12-21)17(23)14(2)22-18(24)15-7-5-6-8-16(15)19(22)25/h5-8,14H,3-4,9-13H2,1-2H3. The average molecular weight is 407 g/mol. The summed E-state index contributed by atoms with van der Waals surface area (Å²) in [5, 5.41) is 0. The van der Waals surface area contributed by atoms with E-state index in [2.05, 4.69) is 0 Å². The molecule has 9 heteroatoms. The molecule has 0 bridgehead atoms. The maximum absolute atomic E-state index is 12.9. The number of imide groups is 1. The Balaban J connectivity index is 1.65. The van der Waals surface area contributed by atoms with Crippen molar-refractivity contribution in [1.29, 1.82) is 0 Å². The number of sulfonamides is 1. The van der Waals surface area contributed by atoms with Gasteiger partial charge >= 0.3 is 0 Å². The Labute approximate surface area is 165 Å². The largest absolute Gasteiger partial charge is 0.338 e. The highest BCUT2D eigenvalue weighted by atomic mass is 32.2. The molecular weight excluding hydrogens is 382 g/mol. The smallest absolute Gasteiger partial charge is 0.262 e. The minimum Gasteiger partial charge on any atom is -0.338 e. The van der Waals surface area contributed by atoms with Crippen LogP contribution in [0.2, 0.25) is 0 Å². The van der Waals surface area contributed by atoms with Crippen LogP contribution in [0.5, 0.6) is 0 Å². The van der Waals surface area contributed by atoms with E-state index in [1.165, 1.54) is 16.1 Å². The van der Waals surface area contributed by atoms with Crippen LogP contribution >= 0.6 is 0 Å². The molecule has 1 fully saturated rings. The lowest BCUT2D eigenvalue weighted by molar-refractivity contribution is -0.136. The monoisotopic (exact) mass is 407 g/mol. The fraction of sp³-hybridized carbons (Fsp3) is 0.526. The van der Waals surface area contributed by atoms with Gasteiger partial charge in [-0.2, -0.15) is 4.31 Å². The topological polar surface area (TPSA) is 95.1 Å². The van der Waals surface area contributed by atoms with E-state index in [1.54, 1.807) is 24.3 Å². The second kappa shape index (κ2) is 8.00. The molecule has 1 aromatic rings. The minimum absolute atomic E-state index is 0.114. The lowest BCUT2D eigenvalue weighted by atomic mass is 10.1. The van der Waals surface area contributed by atoms with E-state index in [1.807, 2.05) is 6.92 Å². The van der Waals surface area contributed by atoms with Crippen molar-refractivity contribution < 1.29 is 22.8 Å². The first kappa shape index (κ1) is 20.5. The van der Waals surface area contributed by atoms with E-state index in [0.29, 0.717) is 17.5 Å². The van der Waals surface area contributed by atoms with Gasteiger partial charge in [0, 0.05) is 26.2 Å². The summed E-state index contributed by atoms with van der Waals surface area (Å²) in [5.41, 5.74) is 0.609. The van der Waals surface area contributed by atoms with E-state index in [9.17, 15) is 22.8 Å². The summed E-state index contributed by atoms with van der Waals surface area (Å²) >= 11 is 0. The minimum atomic E-state index is -3.31. The van der Waals surface area contributed by atoms with E-state index in [0.717, 1.165) is 11.3 Å². The third-order valence-corrected chi connectivity index (χ3v) is 7.23. The van der Waals surface area contributed by atoms with Gasteiger partial charge in [0.15, 0.2) is 0 Å². The SMILES string of the molecule is CCCCS(=O)(=O)N1CCN(C(=O)C(C)N2C(=O)c3ccccc3C2=O)CC1. The van der Waals surface area contributed by atoms with Gasteiger partial charge in [-0.25, -0.2) is 8.42 Å². The molecule has 0 N–H and O–H groups in total. The van der Waals surface area contributed by atoms with Crippen LogP contribution in [0, 0.1) is 0 Å². The first-order valence-electron chi connectivity index (χ1n) is 9.51. The van der Waals surface area contributed by atoms with Crippen LogP contribution in [0.15, 0.2) is 24.3 Å². The van der Waals surface area contributed by atoms with Crippen molar-refractivity contribution in [2.75, 3.05) is 31.9 Å². The molecule has 2 aliphatic rings. The molecule has 3 rings (SSSR count). The van der Waals surface area contributed by atoms with Gasteiger partial charge in [0.05, 0.1) is 16.9 Å². The predicted octanol–water partition coefficient (Wildman–Crippen LogP) is 0.945. The first-order valence-corrected chi connectivity index (χ1v) is 11.1. The Hall–Kier alpha value is -2.26. The number of rotatable bonds is 6. The third kappa shape index (κ3) is 3.68. The highest BCUT2D eigenvalue weighted by Crippen LogP contribution is 2.25. The summed E-state index contributed by atoms with van der Waals surface area (Å²) < 4.78 is 26.0. The number of fused-ring (bicyclic) bond motifs is 1. The molecule has 1 aromatic carbocycles. The number of carbonyl (C=O) groups excluding carboxylic acids is 3. The van der Waals surface area contributed by atoms with Crippen LogP contribution < -0.4 is 0 Å². The highest BCUT2D eigenvalue weighted by molar-refractivity contribution is 7.89. The van der Waals surface area contributed by atoms with Gasteiger partial charge in [0.1, 0.15) is 6.04 Å². The zero-order valence-corrected chi connectivity index (χ0v) is 16.9. The first-order chi connectivity index (χ1) is 13.3. The molecule has 0 aromatic heterocycles. The number of piperazine rings is 1. The Morgan fingerprint density at radius 1 is 1.04 bits per heavy atom. The van der Waals surface area contributed by atoms with Gasteiger partial charge in [0.2, 0.25) is 15.9 Å².